The molecule has 1 amide bonds. The van der Waals surface area contributed by atoms with Gasteiger partial charge in [0.2, 0.25) is 5.91 Å². The van der Waals surface area contributed by atoms with Crippen LogP contribution in [-0.4, -0.2) is 37.7 Å². The molecule has 2 fully saturated rings. The summed E-state index contributed by atoms with van der Waals surface area (Å²) < 4.78 is 1.98. The molecule has 2 aromatic heterocycles. The first-order valence-corrected chi connectivity index (χ1v) is 8.98. The average molecular weight is 340 g/mol. The molecule has 2 N–H and O–H groups in total. The summed E-state index contributed by atoms with van der Waals surface area (Å²) in [6.07, 6.45) is 12.9. The quantitative estimate of drug-likeness (QED) is 0.801. The van der Waals surface area contributed by atoms with Gasteiger partial charge in [-0.1, -0.05) is 0 Å². The summed E-state index contributed by atoms with van der Waals surface area (Å²) in [5, 5.41) is 13.0. The Labute approximate surface area is 147 Å². The van der Waals surface area contributed by atoms with Crippen LogP contribution in [0.2, 0.25) is 0 Å². The maximum absolute atomic E-state index is 13.0. The number of nitrogens with one attached hydrogen (secondary N) is 1. The van der Waals surface area contributed by atoms with E-state index in [-0.39, 0.29) is 23.5 Å². The van der Waals surface area contributed by atoms with Crippen molar-refractivity contribution < 1.29 is 9.90 Å². The van der Waals surface area contributed by atoms with Gasteiger partial charge in [-0.05, 0) is 55.7 Å². The normalized spacial score (nSPS) is 25.0. The van der Waals surface area contributed by atoms with Gasteiger partial charge in [-0.15, -0.1) is 0 Å². The maximum Gasteiger partial charge on any atom is 0.228 e. The van der Waals surface area contributed by atoms with Crippen molar-refractivity contribution in [3.63, 3.8) is 0 Å². The second-order valence-electron chi connectivity index (χ2n) is 7.54. The largest absolute Gasteiger partial charge is 0.393 e. The molecule has 6 heteroatoms. The molecule has 6 nitrogen and oxygen atoms in total. The van der Waals surface area contributed by atoms with E-state index in [1.165, 1.54) is 5.56 Å². The van der Waals surface area contributed by atoms with Crippen LogP contribution in [0.3, 0.4) is 0 Å². The van der Waals surface area contributed by atoms with Gasteiger partial charge in [-0.2, -0.15) is 0 Å². The summed E-state index contributed by atoms with van der Waals surface area (Å²) in [6.45, 7) is 0.689. The number of aromatic nitrogens is 3. The van der Waals surface area contributed by atoms with Gasteiger partial charge in [0.05, 0.1) is 17.8 Å². The van der Waals surface area contributed by atoms with Crippen molar-refractivity contribution in [1.29, 1.82) is 0 Å². The van der Waals surface area contributed by atoms with Crippen LogP contribution in [0.1, 0.15) is 31.2 Å². The number of aliphatic hydroxyl groups is 1. The van der Waals surface area contributed by atoms with Gasteiger partial charge in [0.1, 0.15) is 0 Å². The van der Waals surface area contributed by atoms with Gasteiger partial charge in [0, 0.05) is 37.4 Å². The van der Waals surface area contributed by atoms with Crippen molar-refractivity contribution in [1.82, 2.24) is 19.9 Å². The number of carbonyl (C=O) groups is 1. The molecule has 0 spiro atoms. The van der Waals surface area contributed by atoms with E-state index in [2.05, 4.69) is 15.3 Å². The van der Waals surface area contributed by atoms with Gasteiger partial charge in [-0.3, -0.25) is 9.78 Å². The molecule has 25 heavy (non-hydrogen) atoms. The van der Waals surface area contributed by atoms with Crippen LogP contribution in [0.4, 0.5) is 0 Å². The van der Waals surface area contributed by atoms with Gasteiger partial charge in [0.15, 0.2) is 0 Å². The lowest BCUT2D eigenvalue weighted by atomic mass is 9.75. The summed E-state index contributed by atoms with van der Waals surface area (Å²) in [5.74, 6) is 0.484. The van der Waals surface area contributed by atoms with E-state index in [9.17, 15) is 9.90 Å². The molecule has 2 aromatic rings. The van der Waals surface area contributed by atoms with Crippen LogP contribution < -0.4 is 5.32 Å². The number of hydrogen-bond donors (Lipinski definition) is 2. The van der Waals surface area contributed by atoms with Crippen LogP contribution in [0.15, 0.2) is 43.2 Å². The van der Waals surface area contributed by atoms with Crippen molar-refractivity contribution in [2.75, 3.05) is 0 Å². The van der Waals surface area contributed by atoms with E-state index in [1.54, 1.807) is 24.9 Å². The summed E-state index contributed by atoms with van der Waals surface area (Å²) in [5.41, 5.74) is 0.876. The lowest BCUT2D eigenvalue weighted by Crippen LogP contribution is -2.50. The summed E-state index contributed by atoms with van der Waals surface area (Å²) in [6, 6.07) is 4.05. The lowest BCUT2D eigenvalue weighted by Gasteiger charge is -2.38. The van der Waals surface area contributed by atoms with E-state index in [4.69, 9.17) is 0 Å². The number of nitrogens with zero attached hydrogens (tertiary/aromatic N) is 3. The van der Waals surface area contributed by atoms with Gasteiger partial charge >= 0.3 is 0 Å². The zero-order chi connectivity index (χ0) is 17.3. The first kappa shape index (κ1) is 16.3. The summed E-state index contributed by atoms with van der Waals surface area (Å²) in [4.78, 5) is 21.1. The third-order valence-electron chi connectivity index (χ3n) is 5.62. The van der Waals surface area contributed by atoms with E-state index in [0.717, 1.165) is 32.1 Å². The predicted molar refractivity (Wildman–Crippen MR) is 92.5 cm³/mol. The molecule has 0 radical (unpaired) electrons. The second kappa shape index (κ2) is 6.59. The molecule has 0 aromatic carbocycles. The zero-order valence-corrected chi connectivity index (χ0v) is 14.2. The minimum absolute atomic E-state index is 0.0681. The Bertz CT molecular complexity index is 706. The standard InChI is InChI=1S/C19H24N4O2/c24-16-10-15(11-16)17(9-14-1-5-20-6-2-14)22-18(25)19(3-4-19)12-23-8-7-21-13-23/h1-2,5-8,13,15-17,24H,3-4,9-12H2,(H,22,25). The van der Waals surface area contributed by atoms with Crippen molar-refractivity contribution in [3.05, 3.63) is 48.8 Å². The Balaban J connectivity index is 1.43. The van der Waals surface area contributed by atoms with Crippen molar-refractivity contribution >= 4 is 5.91 Å². The van der Waals surface area contributed by atoms with Crippen molar-refractivity contribution in [2.45, 2.75) is 50.8 Å². The SMILES string of the molecule is O=C(NC(Cc1ccncc1)C1CC(O)C1)C1(Cn2ccnc2)CC1. The van der Waals surface area contributed by atoms with Gasteiger partial charge < -0.3 is 15.0 Å². The zero-order valence-electron chi connectivity index (χ0n) is 14.2. The Hall–Kier alpha value is -2.21. The average Bonchev–Trinajstić information content (AvgIpc) is 3.19. The summed E-state index contributed by atoms with van der Waals surface area (Å²) in [7, 11) is 0. The number of amides is 1. The first-order valence-electron chi connectivity index (χ1n) is 8.98. The van der Waals surface area contributed by atoms with Crippen LogP contribution in [-0.2, 0) is 17.8 Å². The van der Waals surface area contributed by atoms with Gasteiger partial charge in [-0.25, -0.2) is 4.98 Å². The Morgan fingerprint density at radius 3 is 2.64 bits per heavy atom. The van der Waals surface area contributed by atoms with E-state index < -0.39 is 0 Å². The van der Waals surface area contributed by atoms with Crippen molar-refractivity contribution in [2.24, 2.45) is 11.3 Å². The van der Waals surface area contributed by atoms with E-state index in [1.807, 2.05) is 22.9 Å². The van der Waals surface area contributed by atoms with Crippen LogP contribution in [0.25, 0.3) is 0 Å². The highest BCUT2D eigenvalue weighted by atomic mass is 16.3. The Kier molecular flexibility index (Phi) is 4.29. The fraction of sp³-hybridized carbons (Fsp3) is 0.526. The molecular formula is C19H24N4O2. The molecule has 2 heterocycles. The van der Waals surface area contributed by atoms with Crippen molar-refractivity contribution in [3.8, 4) is 0 Å². The van der Waals surface area contributed by atoms with E-state index in [0.29, 0.717) is 12.5 Å². The van der Waals surface area contributed by atoms with Crippen LogP contribution in [0.5, 0.6) is 0 Å². The number of rotatable bonds is 7. The molecule has 0 saturated heterocycles. The summed E-state index contributed by atoms with van der Waals surface area (Å²) >= 11 is 0. The predicted octanol–water partition coefficient (Wildman–Crippen LogP) is 1.56. The lowest BCUT2D eigenvalue weighted by molar-refractivity contribution is -0.128. The molecule has 1 atom stereocenters. The molecule has 1 unspecified atom stereocenters. The number of pyridine rings is 1. The highest BCUT2D eigenvalue weighted by molar-refractivity contribution is 5.85. The first-order chi connectivity index (χ1) is 12.1. The van der Waals surface area contributed by atoms with Crippen LogP contribution in [0, 0.1) is 11.3 Å². The molecule has 4 rings (SSSR count). The number of imidazole rings is 1. The molecule has 0 bridgehead atoms. The molecule has 132 valence electrons. The molecule has 2 aliphatic carbocycles. The second-order valence-corrected chi connectivity index (χ2v) is 7.54. The maximum atomic E-state index is 13.0. The fourth-order valence-corrected chi connectivity index (χ4v) is 3.73. The van der Waals surface area contributed by atoms with E-state index >= 15 is 0 Å². The third-order valence-corrected chi connectivity index (χ3v) is 5.62. The molecule has 2 saturated carbocycles. The Morgan fingerprint density at radius 1 is 1.28 bits per heavy atom. The Morgan fingerprint density at radius 2 is 2.04 bits per heavy atom. The number of hydrogen-bond acceptors (Lipinski definition) is 4. The molecule has 0 aliphatic heterocycles. The van der Waals surface area contributed by atoms with Gasteiger partial charge in [0.25, 0.3) is 0 Å². The molecule has 2 aliphatic rings. The third kappa shape index (κ3) is 3.58. The highest BCUT2D eigenvalue weighted by Gasteiger charge is 2.51. The molecular weight excluding hydrogens is 316 g/mol. The number of aliphatic hydroxyl groups excluding tert-OH is 1. The minimum atomic E-state index is -0.292. The monoisotopic (exact) mass is 340 g/mol. The number of carbonyl (C=O) groups excluding carboxylic acids is 1. The smallest absolute Gasteiger partial charge is 0.228 e. The van der Waals surface area contributed by atoms with Crippen LogP contribution >= 0.6 is 0 Å². The fourth-order valence-electron chi connectivity index (χ4n) is 3.73. The minimum Gasteiger partial charge on any atom is -0.393 e. The highest BCUT2D eigenvalue weighted by Crippen LogP contribution is 2.47. The topological polar surface area (TPSA) is 80.0 Å².